The van der Waals surface area contributed by atoms with Crippen molar-refractivity contribution in [3.8, 4) is 0 Å². The van der Waals surface area contributed by atoms with E-state index in [-0.39, 0.29) is 0 Å². The van der Waals surface area contributed by atoms with Crippen LogP contribution < -0.4 is 10.6 Å². The van der Waals surface area contributed by atoms with Crippen LogP contribution in [0.3, 0.4) is 0 Å². The second-order valence-electron chi connectivity index (χ2n) is 5.73. The van der Waals surface area contributed by atoms with Crippen molar-refractivity contribution in [2.75, 3.05) is 37.8 Å². The van der Waals surface area contributed by atoms with Gasteiger partial charge in [0.15, 0.2) is 0 Å². The van der Waals surface area contributed by atoms with Gasteiger partial charge in [-0.3, -0.25) is 4.98 Å². The molecule has 1 aromatic carbocycles. The fraction of sp³-hybridized carbons (Fsp3) is 0.438. The van der Waals surface area contributed by atoms with E-state index in [1.165, 1.54) is 25.1 Å². The molecule has 2 aromatic rings. The Balaban J connectivity index is 1.91. The molecule has 2 heterocycles. The lowest BCUT2D eigenvalue weighted by Gasteiger charge is -2.28. The average Bonchev–Trinajstić information content (AvgIpc) is 2.85. The maximum absolute atomic E-state index is 6.02. The number of nitrogen functional groups attached to an aromatic ring is 1. The van der Waals surface area contributed by atoms with Gasteiger partial charge in [-0.25, -0.2) is 0 Å². The second kappa shape index (κ2) is 5.29. The molecule has 1 unspecified atom stereocenters. The molecule has 1 saturated heterocycles. The predicted molar refractivity (Wildman–Crippen MR) is 85.1 cm³/mol. The largest absolute Gasteiger partial charge is 0.397 e. The number of benzene rings is 1. The summed E-state index contributed by atoms with van der Waals surface area (Å²) < 4.78 is 0. The van der Waals surface area contributed by atoms with Crippen molar-refractivity contribution >= 4 is 22.3 Å². The zero-order valence-corrected chi connectivity index (χ0v) is 12.2. The van der Waals surface area contributed by atoms with E-state index in [4.69, 9.17) is 5.73 Å². The molecule has 3 rings (SSSR count). The Morgan fingerprint density at radius 2 is 2.25 bits per heavy atom. The minimum absolute atomic E-state index is 0.643. The lowest BCUT2D eigenvalue weighted by molar-refractivity contribution is 0.314. The average molecular weight is 270 g/mol. The third-order valence-electron chi connectivity index (χ3n) is 4.35. The lowest BCUT2D eigenvalue weighted by Crippen LogP contribution is -2.36. The highest BCUT2D eigenvalue weighted by atomic mass is 15.2. The van der Waals surface area contributed by atoms with Gasteiger partial charge in [-0.2, -0.15) is 0 Å². The van der Waals surface area contributed by atoms with E-state index >= 15 is 0 Å². The van der Waals surface area contributed by atoms with E-state index in [0.29, 0.717) is 6.04 Å². The maximum atomic E-state index is 6.02. The molecule has 1 fully saturated rings. The number of aromatic nitrogens is 1. The summed E-state index contributed by atoms with van der Waals surface area (Å²) in [6.45, 7) is 2.26. The molecule has 0 aliphatic carbocycles. The first-order valence-corrected chi connectivity index (χ1v) is 7.21. The van der Waals surface area contributed by atoms with Gasteiger partial charge in [0.1, 0.15) is 0 Å². The number of rotatable bonds is 3. The number of nitrogens with zero attached hydrogens (tertiary/aromatic N) is 3. The highest BCUT2D eigenvalue weighted by molar-refractivity contribution is 5.98. The third-order valence-corrected chi connectivity index (χ3v) is 4.35. The number of nitrogens with two attached hydrogens (primary N) is 1. The Hall–Kier alpha value is -1.81. The van der Waals surface area contributed by atoms with Gasteiger partial charge in [0, 0.05) is 36.9 Å². The molecule has 1 aromatic heterocycles. The Kier molecular flexibility index (Phi) is 3.49. The van der Waals surface area contributed by atoms with Gasteiger partial charge in [0.2, 0.25) is 0 Å². The minimum Gasteiger partial charge on any atom is -0.397 e. The van der Waals surface area contributed by atoms with E-state index in [9.17, 15) is 0 Å². The Morgan fingerprint density at radius 1 is 1.40 bits per heavy atom. The van der Waals surface area contributed by atoms with E-state index in [1.54, 1.807) is 6.20 Å². The smallest absolute Gasteiger partial charge is 0.0951 e. The first-order chi connectivity index (χ1) is 9.66. The van der Waals surface area contributed by atoms with Gasteiger partial charge in [-0.1, -0.05) is 0 Å². The van der Waals surface area contributed by atoms with Gasteiger partial charge in [-0.05, 0) is 50.7 Å². The van der Waals surface area contributed by atoms with Crippen LogP contribution in [0, 0.1) is 0 Å². The number of likely N-dealkylation sites (N-methyl/N-ethyl adjacent to an activating group) is 2. The van der Waals surface area contributed by atoms with Gasteiger partial charge >= 0.3 is 0 Å². The second-order valence-corrected chi connectivity index (χ2v) is 5.73. The van der Waals surface area contributed by atoms with E-state index in [0.717, 1.165) is 23.1 Å². The first-order valence-electron chi connectivity index (χ1n) is 7.21. The molecule has 1 atom stereocenters. The summed E-state index contributed by atoms with van der Waals surface area (Å²) in [6.07, 6.45) is 4.39. The van der Waals surface area contributed by atoms with Gasteiger partial charge in [-0.15, -0.1) is 0 Å². The summed E-state index contributed by atoms with van der Waals surface area (Å²) in [4.78, 5) is 9.19. The summed E-state index contributed by atoms with van der Waals surface area (Å²) in [5.41, 5.74) is 8.88. The predicted octanol–water partition coefficient (Wildman–Crippen LogP) is 2.35. The van der Waals surface area contributed by atoms with Crippen molar-refractivity contribution in [3.63, 3.8) is 0 Å². The number of likely N-dealkylation sites (tertiary alicyclic amines) is 1. The van der Waals surface area contributed by atoms with Gasteiger partial charge in [0.05, 0.1) is 11.2 Å². The fourth-order valence-electron chi connectivity index (χ4n) is 3.14. The lowest BCUT2D eigenvalue weighted by atomic mass is 10.1. The van der Waals surface area contributed by atoms with Crippen LogP contribution in [0.5, 0.6) is 0 Å². The number of anilines is 2. The summed E-state index contributed by atoms with van der Waals surface area (Å²) >= 11 is 0. The summed E-state index contributed by atoms with van der Waals surface area (Å²) in [7, 11) is 4.37. The van der Waals surface area contributed by atoms with Crippen molar-refractivity contribution in [2.24, 2.45) is 0 Å². The molecule has 1 aliphatic heterocycles. The monoisotopic (exact) mass is 270 g/mol. The van der Waals surface area contributed by atoms with Crippen LogP contribution in [0.15, 0.2) is 30.5 Å². The van der Waals surface area contributed by atoms with Crippen molar-refractivity contribution in [2.45, 2.75) is 18.9 Å². The number of hydrogen-bond donors (Lipinski definition) is 1. The van der Waals surface area contributed by atoms with Crippen LogP contribution in [0.2, 0.25) is 0 Å². The molecule has 4 nitrogen and oxygen atoms in total. The quantitative estimate of drug-likeness (QED) is 0.870. The van der Waals surface area contributed by atoms with Crippen LogP contribution in [-0.2, 0) is 0 Å². The van der Waals surface area contributed by atoms with Gasteiger partial charge < -0.3 is 15.5 Å². The molecule has 1 aliphatic rings. The van der Waals surface area contributed by atoms with Crippen LogP contribution >= 0.6 is 0 Å². The van der Waals surface area contributed by atoms with Crippen molar-refractivity contribution < 1.29 is 0 Å². The van der Waals surface area contributed by atoms with Crippen molar-refractivity contribution in [3.05, 3.63) is 30.5 Å². The molecule has 0 spiro atoms. The van der Waals surface area contributed by atoms with E-state index < -0.39 is 0 Å². The molecular weight excluding hydrogens is 248 g/mol. The molecule has 0 bridgehead atoms. The third kappa shape index (κ3) is 2.31. The molecular formula is C16H22N4. The van der Waals surface area contributed by atoms with Crippen LogP contribution in [0.25, 0.3) is 10.9 Å². The maximum Gasteiger partial charge on any atom is 0.0951 e. The van der Waals surface area contributed by atoms with Crippen molar-refractivity contribution in [1.82, 2.24) is 9.88 Å². The number of pyridine rings is 1. The molecule has 20 heavy (non-hydrogen) atoms. The Labute approximate surface area is 120 Å². The molecule has 106 valence electrons. The number of fused-ring (bicyclic) bond motifs is 1. The van der Waals surface area contributed by atoms with Crippen LogP contribution in [0.4, 0.5) is 11.4 Å². The molecule has 4 heteroatoms. The normalized spacial score (nSPS) is 19.6. The van der Waals surface area contributed by atoms with Gasteiger partial charge in [0.25, 0.3) is 0 Å². The van der Waals surface area contributed by atoms with Crippen LogP contribution in [-0.4, -0.2) is 43.1 Å². The zero-order valence-electron chi connectivity index (χ0n) is 12.2. The Bertz CT molecular complexity index is 610. The summed E-state index contributed by atoms with van der Waals surface area (Å²) in [6, 6.07) is 8.78. The van der Waals surface area contributed by atoms with E-state index in [1.807, 2.05) is 12.1 Å². The van der Waals surface area contributed by atoms with E-state index in [2.05, 4.69) is 41.0 Å². The molecule has 2 N–H and O–H groups in total. The SMILES string of the molecule is CN(CC1CCCN1C)c1ccc(N)c2ncccc12. The van der Waals surface area contributed by atoms with Crippen LogP contribution in [0.1, 0.15) is 12.8 Å². The highest BCUT2D eigenvalue weighted by Crippen LogP contribution is 2.29. The number of hydrogen-bond acceptors (Lipinski definition) is 4. The summed E-state index contributed by atoms with van der Waals surface area (Å²) in [5, 5.41) is 1.13. The van der Waals surface area contributed by atoms with Crippen molar-refractivity contribution in [1.29, 1.82) is 0 Å². The standard InChI is InChI=1S/C16H22N4/c1-19-10-4-5-12(19)11-20(2)15-8-7-14(17)16-13(15)6-3-9-18-16/h3,6-9,12H,4-5,10-11,17H2,1-2H3. The molecule has 0 saturated carbocycles. The molecule has 0 amide bonds. The minimum atomic E-state index is 0.643. The topological polar surface area (TPSA) is 45.4 Å². The fourth-order valence-corrected chi connectivity index (χ4v) is 3.14. The Morgan fingerprint density at radius 3 is 3.00 bits per heavy atom. The summed E-state index contributed by atoms with van der Waals surface area (Å²) in [5.74, 6) is 0. The molecule has 0 radical (unpaired) electrons. The first kappa shape index (κ1) is 13.2. The highest BCUT2D eigenvalue weighted by Gasteiger charge is 2.22. The zero-order chi connectivity index (χ0) is 14.1.